The highest BCUT2D eigenvalue weighted by molar-refractivity contribution is 9.10. The van der Waals surface area contributed by atoms with Crippen LogP contribution in [0.4, 0.5) is 11.4 Å². The SMILES string of the molecule is CCOC(=O)c1cc(NCc2cccc(Br)c2)ccc1N. The highest BCUT2D eigenvalue weighted by Gasteiger charge is 2.11. The summed E-state index contributed by atoms with van der Waals surface area (Å²) in [6.45, 7) is 2.75. The minimum atomic E-state index is -0.402. The number of ether oxygens (including phenoxy) is 1. The molecule has 0 atom stereocenters. The Morgan fingerprint density at radius 3 is 2.81 bits per heavy atom. The van der Waals surface area contributed by atoms with Crippen molar-refractivity contribution in [2.45, 2.75) is 13.5 Å². The molecule has 3 N–H and O–H groups in total. The Bertz CT molecular complexity index is 644. The van der Waals surface area contributed by atoms with Crippen molar-refractivity contribution >= 4 is 33.3 Å². The van der Waals surface area contributed by atoms with Gasteiger partial charge in [0.05, 0.1) is 12.2 Å². The molecule has 21 heavy (non-hydrogen) atoms. The molecule has 0 spiro atoms. The van der Waals surface area contributed by atoms with Gasteiger partial charge in [-0.3, -0.25) is 0 Å². The Balaban J connectivity index is 2.10. The van der Waals surface area contributed by atoms with Crippen LogP contribution in [0, 0.1) is 0 Å². The number of esters is 1. The Kier molecular flexibility index (Phi) is 5.22. The lowest BCUT2D eigenvalue weighted by Crippen LogP contribution is -2.09. The van der Waals surface area contributed by atoms with E-state index in [-0.39, 0.29) is 0 Å². The van der Waals surface area contributed by atoms with Crippen LogP contribution >= 0.6 is 15.9 Å². The zero-order valence-electron chi connectivity index (χ0n) is 11.7. The average Bonchev–Trinajstić information content (AvgIpc) is 2.46. The van der Waals surface area contributed by atoms with Crippen molar-refractivity contribution in [3.8, 4) is 0 Å². The van der Waals surface area contributed by atoms with Crippen LogP contribution in [-0.4, -0.2) is 12.6 Å². The minimum absolute atomic E-state index is 0.327. The Morgan fingerprint density at radius 2 is 2.10 bits per heavy atom. The maximum absolute atomic E-state index is 11.8. The first kappa shape index (κ1) is 15.4. The van der Waals surface area contributed by atoms with E-state index < -0.39 is 5.97 Å². The third-order valence-electron chi connectivity index (χ3n) is 2.93. The summed E-state index contributed by atoms with van der Waals surface area (Å²) in [5.74, 6) is -0.402. The molecule has 0 amide bonds. The number of carbonyl (C=O) groups is 1. The minimum Gasteiger partial charge on any atom is -0.462 e. The summed E-state index contributed by atoms with van der Waals surface area (Å²) in [5.41, 5.74) is 8.58. The standard InChI is InChI=1S/C16H17BrN2O2/c1-2-21-16(20)14-9-13(6-7-15(14)18)19-10-11-4-3-5-12(17)8-11/h3-9,19H,2,10,18H2,1H3. The Hall–Kier alpha value is -2.01. The molecule has 0 aliphatic carbocycles. The van der Waals surface area contributed by atoms with E-state index in [0.717, 1.165) is 15.7 Å². The fourth-order valence-electron chi connectivity index (χ4n) is 1.90. The molecule has 0 fully saturated rings. The van der Waals surface area contributed by atoms with E-state index >= 15 is 0 Å². The van der Waals surface area contributed by atoms with Gasteiger partial charge >= 0.3 is 5.97 Å². The number of carbonyl (C=O) groups excluding carboxylic acids is 1. The van der Waals surface area contributed by atoms with Crippen molar-refractivity contribution in [1.82, 2.24) is 0 Å². The number of anilines is 2. The van der Waals surface area contributed by atoms with Crippen LogP contribution in [0.25, 0.3) is 0 Å². The van der Waals surface area contributed by atoms with Crippen LogP contribution in [0.1, 0.15) is 22.8 Å². The summed E-state index contributed by atoms with van der Waals surface area (Å²) in [6, 6.07) is 13.3. The lowest BCUT2D eigenvalue weighted by Gasteiger charge is -2.10. The zero-order chi connectivity index (χ0) is 15.2. The first-order valence-electron chi connectivity index (χ1n) is 6.65. The van der Waals surface area contributed by atoms with Crippen molar-refractivity contribution in [2.24, 2.45) is 0 Å². The number of rotatable bonds is 5. The molecule has 0 heterocycles. The van der Waals surface area contributed by atoms with Gasteiger partial charge in [-0.15, -0.1) is 0 Å². The molecule has 0 aliphatic rings. The van der Waals surface area contributed by atoms with Crippen molar-refractivity contribution in [3.63, 3.8) is 0 Å². The molecule has 110 valence electrons. The third-order valence-corrected chi connectivity index (χ3v) is 3.43. The van der Waals surface area contributed by atoms with Crippen LogP contribution < -0.4 is 11.1 Å². The van der Waals surface area contributed by atoms with Crippen molar-refractivity contribution in [2.75, 3.05) is 17.7 Å². The molecular weight excluding hydrogens is 332 g/mol. The van der Waals surface area contributed by atoms with Crippen LogP contribution in [-0.2, 0) is 11.3 Å². The molecule has 0 saturated carbocycles. The van der Waals surface area contributed by atoms with Crippen molar-refractivity contribution in [3.05, 3.63) is 58.1 Å². The van der Waals surface area contributed by atoms with E-state index in [1.807, 2.05) is 30.3 Å². The second kappa shape index (κ2) is 7.13. The fraction of sp³-hybridized carbons (Fsp3) is 0.188. The smallest absolute Gasteiger partial charge is 0.340 e. The van der Waals surface area contributed by atoms with Gasteiger partial charge in [0.1, 0.15) is 0 Å². The van der Waals surface area contributed by atoms with E-state index in [0.29, 0.717) is 24.4 Å². The number of hydrogen-bond acceptors (Lipinski definition) is 4. The molecule has 2 rings (SSSR count). The first-order valence-corrected chi connectivity index (χ1v) is 7.44. The van der Waals surface area contributed by atoms with E-state index in [4.69, 9.17) is 10.5 Å². The topological polar surface area (TPSA) is 64.3 Å². The quantitative estimate of drug-likeness (QED) is 0.636. The van der Waals surface area contributed by atoms with Gasteiger partial charge in [-0.05, 0) is 42.8 Å². The zero-order valence-corrected chi connectivity index (χ0v) is 13.3. The molecule has 0 aliphatic heterocycles. The van der Waals surface area contributed by atoms with Gasteiger partial charge in [-0.2, -0.15) is 0 Å². The molecule has 5 heteroatoms. The van der Waals surface area contributed by atoms with Gasteiger partial charge in [0.2, 0.25) is 0 Å². The van der Waals surface area contributed by atoms with Gasteiger partial charge < -0.3 is 15.8 Å². The Labute approximate surface area is 132 Å². The predicted molar refractivity (Wildman–Crippen MR) is 88.3 cm³/mol. The maximum atomic E-state index is 11.8. The number of nitrogen functional groups attached to an aromatic ring is 1. The van der Waals surface area contributed by atoms with E-state index in [1.54, 1.807) is 19.1 Å². The molecule has 0 saturated heterocycles. The number of nitrogens with two attached hydrogens (primary N) is 1. The molecule has 2 aromatic carbocycles. The van der Waals surface area contributed by atoms with Gasteiger partial charge in [0.15, 0.2) is 0 Å². The van der Waals surface area contributed by atoms with Crippen LogP contribution in [0.15, 0.2) is 46.9 Å². The summed E-state index contributed by atoms with van der Waals surface area (Å²) in [7, 11) is 0. The van der Waals surface area contributed by atoms with Gasteiger partial charge in [0, 0.05) is 22.4 Å². The molecule has 4 nitrogen and oxygen atoms in total. The molecule has 0 aromatic heterocycles. The number of nitrogens with one attached hydrogen (secondary N) is 1. The molecule has 2 aromatic rings. The predicted octanol–water partition coefficient (Wildman–Crippen LogP) is 3.82. The van der Waals surface area contributed by atoms with Gasteiger partial charge in [-0.1, -0.05) is 28.1 Å². The summed E-state index contributed by atoms with van der Waals surface area (Å²) >= 11 is 3.44. The molecule has 0 radical (unpaired) electrons. The van der Waals surface area contributed by atoms with Gasteiger partial charge in [-0.25, -0.2) is 4.79 Å². The highest BCUT2D eigenvalue weighted by atomic mass is 79.9. The number of hydrogen-bond donors (Lipinski definition) is 2. The molecule has 0 bridgehead atoms. The highest BCUT2D eigenvalue weighted by Crippen LogP contribution is 2.20. The van der Waals surface area contributed by atoms with E-state index in [1.165, 1.54) is 0 Å². The first-order chi connectivity index (χ1) is 10.1. The van der Waals surface area contributed by atoms with Crippen LogP contribution in [0.3, 0.4) is 0 Å². The average molecular weight is 349 g/mol. The van der Waals surface area contributed by atoms with Gasteiger partial charge in [0.25, 0.3) is 0 Å². The lowest BCUT2D eigenvalue weighted by atomic mass is 10.1. The Morgan fingerprint density at radius 1 is 1.29 bits per heavy atom. The van der Waals surface area contributed by atoms with Crippen LogP contribution in [0.5, 0.6) is 0 Å². The van der Waals surface area contributed by atoms with Crippen molar-refractivity contribution in [1.29, 1.82) is 0 Å². The number of benzene rings is 2. The van der Waals surface area contributed by atoms with E-state index in [9.17, 15) is 4.79 Å². The third kappa shape index (κ3) is 4.23. The summed E-state index contributed by atoms with van der Waals surface area (Å²) in [6.07, 6.45) is 0. The normalized spacial score (nSPS) is 10.2. The van der Waals surface area contributed by atoms with Crippen LogP contribution in [0.2, 0.25) is 0 Å². The second-order valence-electron chi connectivity index (χ2n) is 4.51. The second-order valence-corrected chi connectivity index (χ2v) is 5.42. The maximum Gasteiger partial charge on any atom is 0.340 e. The monoisotopic (exact) mass is 348 g/mol. The number of halogens is 1. The summed E-state index contributed by atoms with van der Waals surface area (Å²) in [4.78, 5) is 11.8. The molecule has 0 unspecified atom stereocenters. The van der Waals surface area contributed by atoms with E-state index in [2.05, 4.69) is 21.2 Å². The summed E-state index contributed by atoms with van der Waals surface area (Å²) in [5, 5.41) is 3.27. The largest absolute Gasteiger partial charge is 0.462 e. The fourth-order valence-corrected chi connectivity index (χ4v) is 2.35. The van der Waals surface area contributed by atoms with Crippen molar-refractivity contribution < 1.29 is 9.53 Å². The summed E-state index contributed by atoms with van der Waals surface area (Å²) < 4.78 is 6.02. The lowest BCUT2D eigenvalue weighted by molar-refractivity contribution is 0.0527. The molecular formula is C16H17BrN2O2.